The van der Waals surface area contributed by atoms with Crippen molar-refractivity contribution in [3.63, 3.8) is 0 Å². The van der Waals surface area contributed by atoms with Crippen LogP contribution in [0.15, 0.2) is 18.2 Å². The highest BCUT2D eigenvalue weighted by Crippen LogP contribution is 2.29. The molecule has 0 aliphatic heterocycles. The van der Waals surface area contributed by atoms with Crippen molar-refractivity contribution in [1.29, 1.82) is 0 Å². The van der Waals surface area contributed by atoms with Crippen molar-refractivity contribution in [3.05, 3.63) is 34.9 Å². The first kappa shape index (κ1) is 36.0. The number of carbonyl (C=O) groups is 3. The molecule has 0 bridgehead atoms. The SMILES string of the molecule is CCCCCCCCN(C(=O)C(CCSC)NC(=O)OC(C)(C)C)C(C(=O)NC1CCCCC1)c1ccc(C)cc1C. The van der Waals surface area contributed by atoms with Crippen molar-refractivity contribution in [2.45, 2.75) is 142 Å². The van der Waals surface area contributed by atoms with Crippen LogP contribution in [0, 0.1) is 13.8 Å². The molecule has 238 valence electrons. The maximum Gasteiger partial charge on any atom is 0.408 e. The molecule has 0 spiro atoms. The van der Waals surface area contributed by atoms with Crippen LogP contribution in [0.2, 0.25) is 0 Å². The van der Waals surface area contributed by atoms with Crippen molar-refractivity contribution in [2.24, 2.45) is 0 Å². The van der Waals surface area contributed by atoms with Crippen LogP contribution in [0.3, 0.4) is 0 Å². The number of thioether (sulfide) groups is 1. The van der Waals surface area contributed by atoms with Crippen LogP contribution in [-0.4, -0.2) is 59.0 Å². The summed E-state index contributed by atoms with van der Waals surface area (Å²) in [5.74, 6) is 0.334. The van der Waals surface area contributed by atoms with E-state index in [-0.39, 0.29) is 17.9 Å². The number of alkyl carbamates (subject to hydrolysis) is 1. The van der Waals surface area contributed by atoms with Gasteiger partial charge in [-0.05, 0) is 83.4 Å². The summed E-state index contributed by atoms with van der Waals surface area (Å²) in [7, 11) is 0. The molecule has 42 heavy (non-hydrogen) atoms. The van der Waals surface area contributed by atoms with E-state index in [1.165, 1.54) is 25.7 Å². The van der Waals surface area contributed by atoms with Crippen molar-refractivity contribution in [1.82, 2.24) is 15.5 Å². The highest BCUT2D eigenvalue weighted by Gasteiger charge is 2.37. The lowest BCUT2D eigenvalue weighted by Gasteiger charge is -2.36. The standard InChI is InChI=1S/C34H57N3O4S/c1-8-9-10-11-12-16-22-37(32(39)29(21-23-42-7)36-33(40)41-34(4,5)6)30(28-20-19-25(2)24-26(28)3)31(38)35-27-17-14-13-15-18-27/h19-20,24,27,29-30H,8-18,21-23H2,1-7H3,(H,35,38)(H,36,40). The fourth-order valence-corrected chi connectivity index (χ4v) is 6.15. The Kier molecular flexibility index (Phi) is 15.8. The van der Waals surface area contributed by atoms with Gasteiger partial charge in [-0.25, -0.2) is 4.79 Å². The fraction of sp³-hybridized carbons (Fsp3) is 0.735. The summed E-state index contributed by atoms with van der Waals surface area (Å²) in [5.41, 5.74) is 2.26. The Bertz CT molecular complexity index is 987. The van der Waals surface area contributed by atoms with Gasteiger partial charge in [-0.2, -0.15) is 11.8 Å². The largest absolute Gasteiger partial charge is 0.444 e. The molecule has 0 heterocycles. The Hall–Kier alpha value is -2.22. The van der Waals surface area contributed by atoms with E-state index in [1.807, 2.05) is 53.0 Å². The molecule has 1 aliphatic rings. The summed E-state index contributed by atoms with van der Waals surface area (Å²) >= 11 is 1.62. The summed E-state index contributed by atoms with van der Waals surface area (Å²) < 4.78 is 5.53. The third-order valence-corrected chi connectivity index (χ3v) is 8.51. The molecule has 7 nitrogen and oxygen atoms in total. The van der Waals surface area contributed by atoms with Gasteiger partial charge in [-0.1, -0.05) is 82.1 Å². The van der Waals surface area contributed by atoms with Gasteiger partial charge < -0.3 is 20.3 Å². The van der Waals surface area contributed by atoms with Gasteiger partial charge in [0.15, 0.2) is 0 Å². The van der Waals surface area contributed by atoms with E-state index < -0.39 is 23.8 Å². The van der Waals surface area contributed by atoms with Gasteiger partial charge in [0.05, 0.1) is 0 Å². The molecule has 1 aliphatic carbocycles. The molecule has 2 rings (SSSR count). The molecule has 8 heteroatoms. The van der Waals surface area contributed by atoms with Gasteiger partial charge in [0.1, 0.15) is 17.7 Å². The number of carbonyl (C=O) groups excluding carboxylic acids is 3. The predicted octanol–water partition coefficient (Wildman–Crippen LogP) is 7.63. The molecule has 1 aromatic carbocycles. The summed E-state index contributed by atoms with van der Waals surface area (Å²) in [6, 6.07) is 4.65. The molecular weight excluding hydrogens is 546 g/mol. The number of benzene rings is 1. The van der Waals surface area contributed by atoms with Gasteiger partial charge in [-0.15, -0.1) is 0 Å². The fourth-order valence-electron chi connectivity index (χ4n) is 5.68. The van der Waals surface area contributed by atoms with Gasteiger partial charge in [0.25, 0.3) is 0 Å². The summed E-state index contributed by atoms with van der Waals surface area (Å²) in [6.07, 6.45) is 13.6. The lowest BCUT2D eigenvalue weighted by atomic mass is 9.93. The monoisotopic (exact) mass is 603 g/mol. The third-order valence-electron chi connectivity index (χ3n) is 7.87. The minimum Gasteiger partial charge on any atom is -0.444 e. The second-order valence-corrected chi connectivity index (χ2v) is 13.9. The number of ether oxygens (including phenoxy) is 1. The van der Waals surface area contributed by atoms with Crippen molar-refractivity contribution in [3.8, 4) is 0 Å². The maximum atomic E-state index is 14.5. The summed E-state index contributed by atoms with van der Waals surface area (Å²) in [5, 5.41) is 6.18. The highest BCUT2D eigenvalue weighted by molar-refractivity contribution is 7.98. The minimum atomic E-state index is -0.789. The average Bonchev–Trinajstić information content (AvgIpc) is 2.92. The molecule has 0 saturated heterocycles. The second kappa shape index (κ2) is 18.4. The second-order valence-electron chi connectivity index (χ2n) is 12.9. The molecule has 1 aromatic rings. The smallest absolute Gasteiger partial charge is 0.408 e. The molecule has 0 aromatic heterocycles. The number of nitrogens with zero attached hydrogens (tertiary/aromatic N) is 1. The van der Waals surface area contributed by atoms with E-state index in [1.54, 1.807) is 16.7 Å². The van der Waals surface area contributed by atoms with Gasteiger partial charge >= 0.3 is 6.09 Å². The van der Waals surface area contributed by atoms with Crippen LogP contribution in [0.25, 0.3) is 0 Å². The first-order valence-corrected chi connectivity index (χ1v) is 17.5. The van der Waals surface area contributed by atoms with Crippen LogP contribution in [0.4, 0.5) is 4.79 Å². The van der Waals surface area contributed by atoms with Crippen molar-refractivity contribution >= 4 is 29.7 Å². The Balaban J connectivity index is 2.47. The van der Waals surface area contributed by atoms with Crippen LogP contribution in [0.1, 0.15) is 127 Å². The lowest BCUT2D eigenvalue weighted by molar-refractivity contribution is -0.143. The van der Waals surface area contributed by atoms with Crippen LogP contribution >= 0.6 is 11.8 Å². The normalized spacial score (nSPS) is 15.5. The number of rotatable bonds is 16. The molecule has 2 N–H and O–H groups in total. The number of nitrogens with one attached hydrogen (secondary N) is 2. The number of aryl methyl sites for hydroxylation is 2. The van der Waals surface area contributed by atoms with E-state index in [0.717, 1.165) is 61.6 Å². The first-order chi connectivity index (χ1) is 20.0. The highest BCUT2D eigenvalue weighted by atomic mass is 32.2. The molecule has 0 radical (unpaired) electrons. The van der Waals surface area contributed by atoms with Gasteiger partial charge in [0.2, 0.25) is 11.8 Å². The Morgan fingerprint density at radius 1 is 1.02 bits per heavy atom. The number of amides is 3. The van der Waals surface area contributed by atoms with E-state index in [0.29, 0.717) is 18.7 Å². The van der Waals surface area contributed by atoms with E-state index in [9.17, 15) is 14.4 Å². The van der Waals surface area contributed by atoms with Crippen LogP contribution in [0.5, 0.6) is 0 Å². The Morgan fingerprint density at radius 3 is 2.31 bits per heavy atom. The Labute approximate surface area is 259 Å². The van der Waals surface area contributed by atoms with Gasteiger partial charge in [-0.3, -0.25) is 9.59 Å². The van der Waals surface area contributed by atoms with E-state index in [4.69, 9.17) is 4.74 Å². The molecular formula is C34H57N3O4S. The zero-order valence-corrected chi connectivity index (χ0v) is 28.2. The van der Waals surface area contributed by atoms with Crippen LogP contribution < -0.4 is 10.6 Å². The molecule has 2 atom stereocenters. The zero-order chi connectivity index (χ0) is 31.1. The maximum absolute atomic E-state index is 14.5. The quantitative estimate of drug-likeness (QED) is 0.190. The molecule has 1 saturated carbocycles. The minimum absolute atomic E-state index is 0.123. The summed E-state index contributed by atoms with van der Waals surface area (Å²) in [6.45, 7) is 12.1. The lowest BCUT2D eigenvalue weighted by Crippen LogP contribution is -2.54. The van der Waals surface area contributed by atoms with E-state index in [2.05, 4.69) is 23.6 Å². The Morgan fingerprint density at radius 2 is 1.69 bits per heavy atom. The number of unbranched alkanes of at least 4 members (excludes halogenated alkanes) is 5. The topological polar surface area (TPSA) is 87.7 Å². The molecule has 3 amide bonds. The molecule has 2 unspecified atom stereocenters. The van der Waals surface area contributed by atoms with E-state index >= 15 is 0 Å². The number of hydrogen-bond acceptors (Lipinski definition) is 5. The van der Waals surface area contributed by atoms with Gasteiger partial charge in [0, 0.05) is 12.6 Å². The first-order valence-electron chi connectivity index (χ1n) is 16.1. The predicted molar refractivity (Wildman–Crippen MR) is 175 cm³/mol. The zero-order valence-electron chi connectivity index (χ0n) is 27.4. The average molecular weight is 604 g/mol. The van der Waals surface area contributed by atoms with Crippen LogP contribution in [-0.2, 0) is 14.3 Å². The summed E-state index contributed by atoms with van der Waals surface area (Å²) in [4.78, 5) is 43.3. The van der Waals surface area contributed by atoms with Crippen molar-refractivity contribution in [2.75, 3.05) is 18.6 Å². The third kappa shape index (κ3) is 12.6. The molecule has 1 fully saturated rings. The van der Waals surface area contributed by atoms with Crippen molar-refractivity contribution < 1.29 is 19.1 Å². The number of hydrogen-bond donors (Lipinski definition) is 2.